The Kier molecular flexibility index (Phi) is 6.65. The Morgan fingerprint density at radius 2 is 1.76 bits per heavy atom. The lowest BCUT2D eigenvalue weighted by Crippen LogP contribution is -2.32. The van der Waals surface area contributed by atoms with Crippen LogP contribution < -0.4 is 4.90 Å². The number of anilines is 1. The van der Waals surface area contributed by atoms with Crippen LogP contribution in [-0.2, 0) is 32.1 Å². The van der Waals surface area contributed by atoms with Gasteiger partial charge in [0.2, 0.25) is 5.91 Å². The predicted octanol–water partition coefficient (Wildman–Crippen LogP) is 2.80. The van der Waals surface area contributed by atoms with E-state index in [4.69, 9.17) is 4.74 Å². The fourth-order valence-corrected chi connectivity index (χ4v) is 3.33. The molecule has 2 aromatic rings. The summed E-state index contributed by atoms with van der Waals surface area (Å²) in [5, 5.41) is 0. The number of rotatable bonds is 7. The van der Waals surface area contributed by atoms with Gasteiger partial charge >= 0.3 is 5.97 Å². The molecule has 29 heavy (non-hydrogen) atoms. The van der Waals surface area contributed by atoms with E-state index < -0.39 is 11.9 Å². The molecule has 152 valence electrons. The third-order valence-corrected chi connectivity index (χ3v) is 5.14. The number of benzene rings is 2. The van der Waals surface area contributed by atoms with Crippen molar-refractivity contribution in [3.63, 3.8) is 0 Å². The SMILES string of the molecule is CCc1ccc(N2C[C@@H](C(=O)OCC(=O)N(C)Cc3ccccc3)CC2=O)cc1. The van der Waals surface area contributed by atoms with Gasteiger partial charge in [0.25, 0.3) is 5.91 Å². The van der Waals surface area contributed by atoms with Crippen molar-refractivity contribution >= 4 is 23.5 Å². The number of nitrogens with zero attached hydrogens (tertiary/aromatic N) is 2. The highest BCUT2D eigenvalue weighted by molar-refractivity contribution is 5.99. The Morgan fingerprint density at radius 3 is 2.41 bits per heavy atom. The number of carbonyl (C=O) groups is 3. The zero-order valence-corrected chi connectivity index (χ0v) is 16.8. The first-order valence-corrected chi connectivity index (χ1v) is 9.81. The van der Waals surface area contributed by atoms with Crippen molar-refractivity contribution in [2.45, 2.75) is 26.3 Å². The molecule has 6 heteroatoms. The minimum absolute atomic E-state index is 0.0996. The van der Waals surface area contributed by atoms with E-state index in [0.29, 0.717) is 6.54 Å². The molecule has 1 saturated heterocycles. The summed E-state index contributed by atoms with van der Waals surface area (Å²) in [6.45, 7) is 2.47. The van der Waals surface area contributed by atoms with E-state index in [0.717, 1.165) is 17.7 Å². The van der Waals surface area contributed by atoms with Crippen molar-refractivity contribution < 1.29 is 19.1 Å². The molecule has 0 N–H and O–H groups in total. The Balaban J connectivity index is 1.50. The van der Waals surface area contributed by atoms with E-state index in [9.17, 15) is 14.4 Å². The summed E-state index contributed by atoms with van der Waals surface area (Å²) in [5.74, 6) is -1.45. The molecule has 0 bridgehead atoms. The monoisotopic (exact) mass is 394 g/mol. The van der Waals surface area contributed by atoms with E-state index in [1.807, 2.05) is 54.6 Å². The summed E-state index contributed by atoms with van der Waals surface area (Å²) in [4.78, 5) is 40.1. The maximum Gasteiger partial charge on any atom is 0.311 e. The summed E-state index contributed by atoms with van der Waals surface area (Å²) in [5.41, 5.74) is 2.97. The third kappa shape index (κ3) is 5.22. The van der Waals surface area contributed by atoms with Crippen molar-refractivity contribution in [1.29, 1.82) is 0 Å². The standard InChI is InChI=1S/C23H26N2O4/c1-3-17-9-11-20(12-10-17)25-15-19(13-21(25)26)23(28)29-16-22(27)24(2)14-18-7-5-4-6-8-18/h4-12,19H,3,13-16H2,1-2H3/t19-/m0/s1. The first-order valence-electron chi connectivity index (χ1n) is 9.81. The third-order valence-electron chi connectivity index (χ3n) is 5.14. The highest BCUT2D eigenvalue weighted by Crippen LogP contribution is 2.26. The van der Waals surface area contributed by atoms with Crippen LogP contribution in [0.4, 0.5) is 5.69 Å². The fraction of sp³-hybridized carbons (Fsp3) is 0.348. The van der Waals surface area contributed by atoms with Gasteiger partial charge in [0.1, 0.15) is 0 Å². The topological polar surface area (TPSA) is 66.9 Å². The van der Waals surface area contributed by atoms with Crippen LogP contribution in [-0.4, -0.2) is 42.9 Å². The van der Waals surface area contributed by atoms with Gasteiger partial charge in [-0.1, -0.05) is 49.4 Å². The second-order valence-electron chi connectivity index (χ2n) is 7.27. The number of carbonyl (C=O) groups excluding carboxylic acids is 3. The molecule has 1 atom stereocenters. The summed E-state index contributed by atoms with van der Waals surface area (Å²) < 4.78 is 5.21. The molecule has 0 unspecified atom stereocenters. The number of hydrogen-bond donors (Lipinski definition) is 0. The number of likely N-dealkylation sites (N-methyl/N-ethyl adjacent to an activating group) is 1. The molecule has 3 rings (SSSR count). The first kappa shape index (κ1) is 20.6. The number of amides is 2. The predicted molar refractivity (Wildman–Crippen MR) is 110 cm³/mol. The lowest BCUT2D eigenvalue weighted by atomic mass is 10.1. The van der Waals surface area contributed by atoms with Gasteiger partial charge in [-0.2, -0.15) is 0 Å². The van der Waals surface area contributed by atoms with Gasteiger partial charge in [0.15, 0.2) is 6.61 Å². The molecular formula is C23H26N2O4. The van der Waals surface area contributed by atoms with Crippen LogP contribution in [0, 0.1) is 5.92 Å². The zero-order valence-electron chi connectivity index (χ0n) is 16.8. The van der Waals surface area contributed by atoms with E-state index >= 15 is 0 Å². The highest BCUT2D eigenvalue weighted by atomic mass is 16.5. The quantitative estimate of drug-likeness (QED) is 0.678. The molecule has 0 saturated carbocycles. The molecule has 6 nitrogen and oxygen atoms in total. The summed E-state index contributed by atoms with van der Waals surface area (Å²) in [7, 11) is 1.67. The summed E-state index contributed by atoms with van der Waals surface area (Å²) >= 11 is 0. The molecule has 0 aliphatic carbocycles. The van der Waals surface area contributed by atoms with Crippen LogP contribution in [0.2, 0.25) is 0 Å². The number of ether oxygens (including phenoxy) is 1. The average Bonchev–Trinajstić information content (AvgIpc) is 3.14. The van der Waals surface area contributed by atoms with Crippen molar-refractivity contribution in [2.75, 3.05) is 25.1 Å². The van der Waals surface area contributed by atoms with Gasteiger partial charge in [-0.05, 0) is 29.7 Å². The molecule has 2 amide bonds. The van der Waals surface area contributed by atoms with Crippen molar-refractivity contribution in [1.82, 2.24) is 4.90 Å². The van der Waals surface area contributed by atoms with Gasteiger partial charge < -0.3 is 14.5 Å². The largest absolute Gasteiger partial charge is 0.455 e. The molecule has 1 fully saturated rings. The zero-order chi connectivity index (χ0) is 20.8. The van der Waals surface area contributed by atoms with Crippen LogP contribution in [0.15, 0.2) is 54.6 Å². The maximum atomic E-state index is 12.4. The van der Waals surface area contributed by atoms with Crippen molar-refractivity contribution in [2.24, 2.45) is 5.92 Å². The van der Waals surface area contributed by atoms with Gasteiger partial charge in [-0.15, -0.1) is 0 Å². The van der Waals surface area contributed by atoms with Crippen molar-refractivity contribution in [3.05, 3.63) is 65.7 Å². The Morgan fingerprint density at radius 1 is 1.07 bits per heavy atom. The highest BCUT2D eigenvalue weighted by Gasteiger charge is 2.36. The molecule has 1 aliphatic rings. The normalized spacial score (nSPS) is 16.0. The Labute approximate surface area is 171 Å². The first-order chi connectivity index (χ1) is 14.0. The van der Waals surface area contributed by atoms with Gasteiger partial charge in [0.05, 0.1) is 5.92 Å². The van der Waals surface area contributed by atoms with Crippen LogP contribution in [0.25, 0.3) is 0 Å². The van der Waals surface area contributed by atoms with Crippen molar-refractivity contribution in [3.8, 4) is 0 Å². The smallest absolute Gasteiger partial charge is 0.311 e. The molecule has 1 heterocycles. The van der Waals surface area contributed by atoms with Gasteiger partial charge in [-0.3, -0.25) is 14.4 Å². The molecule has 0 aromatic heterocycles. The van der Waals surface area contributed by atoms with Gasteiger partial charge in [0, 0.05) is 32.2 Å². The molecule has 0 radical (unpaired) electrons. The number of esters is 1. The molecule has 0 spiro atoms. The number of hydrogen-bond acceptors (Lipinski definition) is 4. The fourth-order valence-electron chi connectivity index (χ4n) is 3.33. The molecule has 1 aliphatic heterocycles. The van der Waals surface area contributed by atoms with E-state index in [-0.39, 0.29) is 31.4 Å². The Hall–Kier alpha value is -3.15. The maximum absolute atomic E-state index is 12.4. The van der Waals surface area contributed by atoms with Gasteiger partial charge in [-0.25, -0.2) is 0 Å². The molecular weight excluding hydrogens is 368 g/mol. The Bertz CT molecular complexity index is 864. The summed E-state index contributed by atoms with van der Waals surface area (Å²) in [6, 6.07) is 17.4. The summed E-state index contributed by atoms with van der Waals surface area (Å²) in [6.07, 6.45) is 1.03. The molecule has 2 aromatic carbocycles. The van der Waals surface area contributed by atoms with Crippen LogP contribution in [0.1, 0.15) is 24.5 Å². The minimum atomic E-state index is -0.555. The second-order valence-corrected chi connectivity index (χ2v) is 7.27. The second kappa shape index (κ2) is 9.37. The number of aryl methyl sites for hydroxylation is 1. The van der Waals surface area contributed by atoms with Crippen LogP contribution >= 0.6 is 0 Å². The van der Waals surface area contributed by atoms with E-state index in [1.54, 1.807) is 11.9 Å². The van der Waals surface area contributed by atoms with E-state index in [2.05, 4.69) is 6.92 Å². The van der Waals surface area contributed by atoms with E-state index in [1.165, 1.54) is 10.5 Å². The average molecular weight is 394 g/mol. The van der Waals surface area contributed by atoms with Crippen LogP contribution in [0.3, 0.4) is 0 Å². The van der Waals surface area contributed by atoms with Crippen LogP contribution in [0.5, 0.6) is 0 Å². The minimum Gasteiger partial charge on any atom is -0.455 e. The lowest BCUT2D eigenvalue weighted by molar-refractivity contribution is -0.155. The lowest BCUT2D eigenvalue weighted by Gasteiger charge is -2.18.